The lowest BCUT2D eigenvalue weighted by atomic mass is 10.1. The second-order valence-electron chi connectivity index (χ2n) is 4.76. The van der Waals surface area contributed by atoms with Crippen molar-refractivity contribution in [1.82, 2.24) is 10.6 Å². The number of amides is 3. The molecule has 5 heteroatoms. The Balaban J connectivity index is 1.90. The number of imide groups is 1. The molecule has 0 aromatic heterocycles. The van der Waals surface area contributed by atoms with E-state index in [1.165, 1.54) is 6.08 Å². The fourth-order valence-corrected chi connectivity index (χ4v) is 1.90. The van der Waals surface area contributed by atoms with Gasteiger partial charge in [-0.25, -0.2) is 0 Å². The molecule has 0 spiro atoms. The number of hydrogen-bond acceptors (Lipinski definition) is 3. The van der Waals surface area contributed by atoms with Gasteiger partial charge < -0.3 is 5.32 Å². The Bertz CT molecular complexity index is 561. The minimum Gasteiger partial charge on any atom is -0.341 e. The van der Waals surface area contributed by atoms with Crippen molar-refractivity contribution in [3.05, 3.63) is 41.5 Å². The number of rotatable bonds is 3. The molecule has 104 valence electrons. The van der Waals surface area contributed by atoms with Crippen LogP contribution in [0, 0.1) is 6.92 Å². The summed E-state index contributed by atoms with van der Waals surface area (Å²) in [6, 6.07) is 7.09. The second kappa shape index (κ2) is 6.14. The summed E-state index contributed by atoms with van der Waals surface area (Å²) < 4.78 is 0. The first-order valence-electron chi connectivity index (χ1n) is 6.43. The molecule has 0 saturated carbocycles. The molecule has 1 aromatic carbocycles. The van der Waals surface area contributed by atoms with Crippen molar-refractivity contribution in [1.29, 1.82) is 0 Å². The molecule has 0 aliphatic carbocycles. The fraction of sp³-hybridized carbons (Fsp3) is 0.267. The van der Waals surface area contributed by atoms with Crippen LogP contribution in [-0.2, 0) is 14.4 Å². The van der Waals surface area contributed by atoms with E-state index in [0.717, 1.165) is 11.1 Å². The van der Waals surface area contributed by atoms with Crippen molar-refractivity contribution in [3.63, 3.8) is 0 Å². The van der Waals surface area contributed by atoms with Gasteiger partial charge in [-0.3, -0.25) is 19.7 Å². The van der Waals surface area contributed by atoms with Gasteiger partial charge in [0, 0.05) is 12.5 Å². The average Bonchev–Trinajstić information content (AvgIpc) is 2.41. The monoisotopic (exact) mass is 272 g/mol. The zero-order valence-electron chi connectivity index (χ0n) is 11.2. The summed E-state index contributed by atoms with van der Waals surface area (Å²) >= 11 is 0. The molecule has 1 saturated heterocycles. The van der Waals surface area contributed by atoms with Crippen LogP contribution in [0.1, 0.15) is 24.0 Å². The summed E-state index contributed by atoms with van der Waals surface area (Å²) in [7, 11) is 0. The molecule has 3 amide bonds. The maximum Gasteiger partial charge on any atom is 0.249 e. The Morgan fingerprint density at radius 1 is 1.30 bits per heavy atom. The fourth-order valence-electron chi connectivity index (χ4n) is 1.90. The average molecular weight is 272 g/mol. The number of benzene rings is 1. The van der Waals surface area contributed by atoms with E-state index < -0.39 is 11.9 Å². The summed E-state index contributed by atoms with van der Waals surface area (Å²) in [5, 5.41) is 4.78. The van der Waals surface area contributed by atoms with Gasteiger partial charge in [0.2, 0.25) is 17.7 Å². The zero-order chi connectivity index (χ0) is 14.5. The van der Waals surface area contributed by atoms with Crippen molar-refractivity contribution in [2.75, 3.05) is 0 Å². The van der Waals surface area contributed by atoms with Gasteiger partial charge in [-0.05, 0) is 25.0 Å². The highest BCUT2D eigenvalue weighted by Gasteiger charge is 2.27. The van der Waals surface area contributed by atoms with Crippen LogP contribution in [0.4, 0.5) is 0 Å². The SMILES string of the molecule is Cc1ccc(C=CC(=O)NC2CCC(=O)NC2=O)cc1. The Labute approximate surface area is 117 Å². The van der Waals surface area contributed by atoms with Crippen LogP contribution in [0.2, 0.25) is 0 Å². The lowest BCUT2D eigenvalue weighted by Gasteiger charge is -2.20. The summed E-state index contributed by atoms with van der Waals surface area (Å²) in [6.45, 7) is 1.99. The minimum absolute atomic E-state index is 0.248. The molecule has 0 bridgehead atoms. The van der Waals surface area contributed by atoms with Crippen LogP contribution in [0.5, 0.6) is 0 Å². The van der Waals surface area contributed by atoms with Gasteiger partial charge in [-0.1, -0.05) is 29.8 Å². The standard InChI is InChI=1S/C15H16N2O3/c1-10-2-4-11(5-3-10)6-8-13(18)16-12-7-9-14(19)17-15(12)20/h2-6,8,12H,7,9H2,1H3,(H,16,18)(H,17,19,20). The van der Waals surface area contributed by atoms with Gasteiger partial charge in [0.15, 0.2) is 0 Å². The lowest BCUT2D eigenvalue weighted by molar-refractivity contribution is -0.136. The highest BCUT2D eigenvalue weighted by Crippen LogP contribution is 2.06. The maximum atomic E-state index is 11.7. The third kappa shape index (κ3) is 3.78. The van der Waals surface area contributed by atoms with E-state index in [-0.39, 0.29) is 18.2 Å². The van der Waals surface area contributed by atoms with E-state index in [1.807, 2.05) is 31.2 Å². The molecule has 1 aliphatic heterocycles. The number of aryl methyl sites for hydroxylation is 1. The molecule has 1 unspecified atom stereocenters. The van der Waals surface area contributed by atoms with Crippen LogP contribution >= 0.6 is 0 Å². The third-order valence-electron chi connectivity index (χ3n) is 3.06. The van der Waals surface area contributed by atoms with E-state index >= 15 is 0 Å². The third-order valence-corrected chi connectivity index (χ3v) is 3.06. The summed E-state index contributed by atoms with van der Waals surface area (Å²) in [5.41, 5.74) is 2.06. The largest absolute Gasteiger partial charge is 0.341 e. The van der Waals surface area contributed by atoms with Crippen LogP contribution in [0.15, 0.2) is 30.3 Å². The van der Waals surface area contributed by atoms with E-state index in [4.69, 9.17) is 0 Å². The summed E-state index contributed by atoms with van der Waals surface area (Å²) in [5.74, 6) is -1.09. The van der Waals surface area contributed by atoms with Crippen LogP contribution in [-0.4, -0.2) is 23.8 Å². The molecule has 2 N–H and O–H groups in total. The van der Waals surface area contributed by atoms with Gasteiger partial charge >= 0.3 is 0 Å². The Kier molecular flexibility index (Phi) is 4.30. The van der Waals surface area contributed by atoms with Crippen LogP contribution < -0.4 is 10.6 Å². The normalized spacial score (nSPS) is 18.9. The molecule has 1 atom stereocenters. The Morgan fingerprint density at radius 3 is 2.65 bits per heavy atom. The van der Waals surface area contributed by atoms with Crippen LogP contribution in [0.25, 0.3) is 6.08 Å². The number of piperidine rings is 1. The van der Waals surface area contributed by atoms with E-state index in [2.05, 4.69) is 10.6 Å². The Morgan fingerprint density at radius 2 is 2.00 bits per heavy atom. The summed E-state index contributed by atoms with van der Waals surface area (Å²) in [4.78, 5) is 34.2. The molecular weight excluding hydrogens is 256 g/mol. The van der Waals surface area contributed by atoms with Gasteiger partial charge in [-0.2, -0.15) is 0 Å². The number of carbonyl (C=O) groups excluding carboxylic acids is 3. The van der Waals surface area contributed by atoms with Crippen molar-refractivity contribution in [2.45, 2.75) is 25.8 Å². The highest BCUT2D eigenvalue weighted by atomic mass is 16.2. The topological polar surface area (TPSA) is 75.3 Å². The van der Waals surface area contributed by atoms with Gasteiger partial charge in [0.05, 0.1) is 0 Å². The van der Waals surface area contributed by atoms with Crippen LogP contribution in [0.3, 0.4) is 0 Å². The number of nitrogens with one attached hydrogen (secondary N) is 2. The molecular formula is C15H16N2O3. The number of carbonyl (C=O) groups is 3. The molecule has 1 aliphatic rings. The molecule has 2 rings (SSSR count). The predicted octanol–water partition coefficient (Wildman–Crippen LogP) is 0.930. The van der Waals surface area contributed by atoms with Crippen molar-refractivity contribution in [3.8, 4) is 0 Å². The van der Waals surface area contributed by atoms with E-state index in [0.29, 0.717) is 6.42 Å². The molecule has 20 heavy (non-hydrogen) atoms. The molecule has 0 radical (unpaired) electrons. The maximum absolute atomic E-state index is 11.7. The highest BCUT2D eigenvalue weighted by molar-refractivity contribution is 6.03. The van der Waals surface area contributed by atoms with Crippen molar-refractivity contribution in [2.24, 2.45) is 0 Å². The minimum atomic E-state index is -0.636. The molecule has 1 fully saturated rings. The first-order valence-corrected chi connectivity index (χ1v) is 6.43. The quantitative estimate of drug-likeness (QED) is 0.635. The smallest absolute Gasteiger partial charge is 0.249 e. The second-order valence-corrected chi connectivity index (χ2v) is 4.76. The zero-order valence-corrected chi connectivity index (χ0v) is 11.2. The van der Waals surface area contributed by atoms with Gasteiger partial charge in [0.1, 0.15) is 6.04 Å². The number of hydrogen-bond donors (Lipinski definition) is 2. The molecule has 1 heterocycles. The van der Waals surface area contributed by atoms with Gasteiger partial charge in [0.25, 0.3) is 0 Å². The van der Waals surface area contributed by atoms with E-state index in [9.17, 15) is 14.4 Å². The predicted molar refractivity (Wildman–Crippen MR) is 74.5 cm³/mol. The molecule has 5 nitrogen and oxygen atoms in total. The van der Waals surface area contributed by atoms with E-state index in [1.54, 1.807) is 6.08 Å². The lowest BCUT2D eigenvalue weighted by Crippen LogP contribution is -2.51. The van der Waals surface area contributed by atoms with Crippen molar-refractivity contribution >= 4 is 23.8 Å². The van der Waals surface area contributed by atoms with Gasteiger partial charge in [-0.15, -0.1) is 0 Å². The molecule has 1 aromatic rings. The Hall–Kier alpha value is -2.43. The van der Waals surface area contributed by atoms with Crippen molar-refractivity contribution < 1.29 is 14.4 Å². The summed E-state index contributed by atoms with van der Waals surface area (Å²) in [6.07, 6.45) is 3.65. The first-order chi connectivity index (χ1) is 9.54. The first kappa shape index (κ1) is 14.0.